The first-order valence-corrected chi connectivity index (χ1v) is 10.00. The van der Waals surface area contributed by atoms with Crippen LogP contribution in [0.1, 0.15) is 88.2 Å². The summed E-state index contributed by atoms with van der Waals surface area (Å²) in [6.07, 6.45) is 3.86. The van der Waals surface area contributed by atoms with Crippen molar-refractivity contribution in [2.24, 2.45) is 0 Å². The molecule has 1 fully saturated rings. The predicted molar refractivity (Wildman–Crippen MR) is 105 cm³/mol. The molecule has 0 bridgehead atoms. The molecule has 7 nitrogen and oxygen atoms in total. The van der Waals surface area contributed by atoms with Crippen LogP contribution in [-0.2, 0) is 12.0 Å². The van der Waals surface area contributed by atoms with Gasteiger partial charge >= 0.3 is 0 Å². The Morgan fingerprint density at radius 3 is 2.44 bits per heavy atom. The molecule has 2 aromatic heterocycles. The first kappa shape index (κ1) is 19.6. The molecule has 0 unspecified atom stereocenters. The molecule has 2 aromatic rings. The fourth-order valence-corrected chi connectivity index (χ4v) is 3.43. The van der Waals surface area contributed by atoms with Crippen LogP contribution in [0.4, 0.5) is 0 Å². The second kappa shape index (κ2) is 7.44. The molecule has 1 saturated heterocycles. The minimum Gasteiger partial charge on any atom is -0.337 e. The summed E-state index contributed by atoms with van der Waals surface area (Å²) >= 11 is 0. The summed E-state index contributed by atoms with van der Waals surface area (Å²) in [5.74, 6) is 0.406. The van der Waals surface area contributed by atoms with Gasteiger partial charge in [0.25, 0.3) is 5.91 Å². The van der Waals surface area contributed by atoms with Crippen molar-refractivity contribution in [1.29, 1.82) is 0 Å². The molecule has 0 spiro atoms. The van der Waals surface area contributed by atoms with Gasteiger partial charge in [-0.15, -0.1) is 5.10 Å². The highest BCUT2D eigenvalue weighted by Crippen LogP contribution is 2.26. The highest BCUT2D eigenvalue weighted by molar-refractivity contribution is 5.92. The first-order chi connectivity index (χ1) is 12.7. The van der Waals surface area contributed by atoms with Gasteiger partial charge in [-0.05, 0) is 31.7 Å². The third-order valence-electron chi connectivity index (χ3n) is 5.31. The van der Waals surface area contributed by atoms with Gasteiger partial charge in [-0.25, -0.2) is 4.68 Å². The lowest BCUT2D eigenvalue weighted by atomic mass is 9.93. The second-order valence-corrected chi connectivity index (χ2v) is 8.78. The van der Waals surface area contributed by atoms with E-state index in [1.165, 1.54) is 0 Å². The molecule has 0 atom stereocenters. The molecule has 148 valence electrons. The molecule has 27 heavy (non-hydrogen) atoms. The summed E-state index contributed by atoms with van der Waals surface area (Å²) in [6, 6.07) is 2.26. The van der Waals surface area contributed by atoms with Crippen molar-refractivity contribution < 1.29 is 4.79 Å². The van der Waals surface area contributed by atoms with Crippen LogP contribution in [0.3, 0.4) is 0 Å². The van der Waals surface area contributed by atoms with E-state index in [9.17, 15) is 4.79 Å². The number of aryl methyl sites for hydroxylation is 1. The molecule has 0 aliphatic carbocycles. The molecule has 1 aliphatic rings. The van der Waals surface area contributed by atoms with Gasteiger partial charge in [0.2, 0.25) is 0 Å². The van der Waals surface area contributed by atoms with Crippen molar-refractivity contribution in [1.82, 2.24) is 29.7 Å². The van der Waals surface area contributed by atoms with Crippen LogP contribution in [0.15, 0.2) is 12.3 Å². The summed E-state index contributed by atoms with van der Waals surface area (Å²) in [4.78, 5) is 15.0. The van der Waals surface area contributed by atoms with Gasteiger partial charge in [-0.3, -0.25) is 9.48 Å². The zero-order chi connectivity index (χ0) is 19.8. The summed E-state index contributed by atoms with van der Waals surface area (Å²) in [5, 5.41) is 13.2. The third-order valence-corrected chi connectivity index (χ3v) is 5.31. The van der Waals surface area contributed by atoms with Crippen LogP contribution in [0.5, 0.6) is 0 Å². The van der Waals surface area contributed by atoms with E-state index in [1.54, 1.807) is 0 Å². The van der Waals surface area contributed by atoms with Crippen LogP contribution in [0.2, 0.25) is 0 Å². The Labute approximate surface area is 161 Å². The van der Waals surface area contributed by atoms with Crippen molar-refractivity contribution in [3.05, 3.63) is 29.3 Å². The number of piperidine rings is 1. The van der Waals surface area contributed by atoms with E-state index >= 15 is 0 Å². The topological polar surface area (TPSA) is 68.8 Å². The molecular weight excluding hydrogens is 340 g/mol. The number of rotatable bonds is 4. The van der Waals surface area contributed by atoms with Gasteiger partial charge < -0.3 is 4.90 Å². The van der Waals surface area contributed by atoms with Crippen molar-refractivity contribution in [2.45, 2.75) is 78.3 Å². The fraction of sp³-hybridized carbons (Fsp3) is 0.700. The first-order valence-electron chi connectivity index (χ1n) is 10.00. The van der Waals surface area contributed by atoms with Crippen molar-refractivity contribution in [2.75, 3.05) is 13.1 Å². The van der Waals surface area contributed by atoms with Gasteiger partial charge in [0.05, 0.1) is 17.4 Å². The zero-order valence-corrected chi connectivity index (χ0v) is 17.4. The van der Waals surface area contributed by atoms with E-state index in [1.807, 2.05) is 27.3 Å². The van der Waals surface area contributed by atoms with E-state index in [0.29, 0.717) is 24.2 Å². The van der Waals surface area contributed by atoms with E-state index in [-0.39, 0.29) is 11.3 Å². The van der Waals surface area contributed by atoms with Crippen LogP contribution < -0.4 is 0 Å². The minimum atomic E-state index is 0.00159. The SMILES string of the molecule is CCn1nc(C(C)C)cc1C(=O)N1CCC(n2cc(C(C)(C)C)nn2)CC1. The molecule has 7 heteroatoms. The van der Waals surface area contributed by atoms with Crippen molar-refractivity contribution in [3.8, 4) is 0 Å². The van der Waals surface area contributed by atoms with Crippen LogP contribution >= 0.6 is 0 Å². The monoisotopic (exact) mass is 372 g/mol. The molecule has 3 rings (SSSR count). The molecule has 3 heterocycles. The highest BCUT2D eigenvalue weighted by atomic mass is 16.2. The molecule has 0 N–H and O–H groups in total. The number of carbonyl (C=O) groups excluding carboxylic acids is 1. The normalized spacial score (nSPS) is 16.3. The molecular formula is C20H32N6O. The summed E-state index contributed by atoms with van der Waals surface area (Å²) in [7, 11) is 0. The maximum absolute atomic E-state index is 13.0. The number of hydrogen-bond acceptors (Lipinski definition) is 4. The fourth-order valence-electron chi connectivity index (χ4n) is 3.43. The Morgan fingerprint density at radius 1 is 1.26 bits per heavy atom. The molecule has 0 aromatic carbocycles. The van der Waals surface area contributed by atoms with Crippen LogP contribution in [0, 0.1) is 0 Å². The average molecular weight is 373 g/mol. The lowest BCUT2D eigenvalue weighted by molar-refractivity contribution is 0.0676. The lowest BCUT2D eigenvalue weighted by Crippen LogP contribution is -2.40. The Kier molecular flexibility index (Phi) is 5.40. The summed E-state index contributed by atoms with van der Waals surface area (Å²) in [5.41, 5.74) is 2.69. The number of carbonyl (C=O) groups is 1. The van der Waals surface area contributed by atoms with Crippen LogP contribution in [0.25, 0.3) is 0 Å². The van der Waals surface area contributed by atoms with Crippen molar-refractivity contribution >= 4 is 5.91 Å². The van der Waals surface area contributed by atoms with Crippen molar-refractivity contribution in [3.63, 3.8) is 0 Å². The second-order valence-electron chi connectivity index (χ2n) is 8.78. The van der Waals surface area contributed by atoms with E-state index < -0.39 is 0 Å². The Hall–Kier alpha value is -2.18. The minimum absolute atomic E-state index is 0.00159. The molecule has 1 aliphatic heterocycles. The molecule has 0 radical (unpaired) electrons. The van der Waals surface area contributed by atoms with Gasteiger partial charge in [-0.2, -0.15) is 5.10 Å². The standard InChI is InChI=1S/C20H32N6O/c1-7-25-17(12-16(22-25)14(2)3)19(27)24-10-8-15(9-11-24)26-13-18(21-23-26)20(4,5)6/h12-15H,7-11H2,1-6H3. The zero-order valence-electron chi connectivity index (χ0n) is 17.4. The Morgan fingerprint density at radius 2 is 1.93 bits per heavy atom. The summed E-state index contributed by atoms with van der Waals surface area (Å²) < 4.78 is 3.81. The number of hydrogen-bond donors (Lipinski definition) is 0. The van der Waals surface area contributed by atoms with Gasteiger partial charge in [0.15, 0.2) is 0 Å². The van der Waals surface area contributed by atoms with E-state index in [0.717, 1.165) is 37.3 Å². The highest BCUT2D eigenvalue weighted by Gasteiger charge is 2.28. The summed E-state index contributed by atoms with van der Waals surface area (Å²) in [6.45, 7) is 14.8. The predicted octanol–water partition coefficient (Wildman–Crippen LogP) is 3.39. The van der Waals surface area contributed by atoms with Gasteiger partial charge in [0, 0.05) is 31.2 Å². The Balaban J connectivity index is 1.67. The maximum Gasteiger partial charge on any atom is 0.272 e. The average Bonchev–Trinajstić information content (AvgIpc) is 3.28. The Bertz CT molecular complexity index is 790. The molecule has 1 amide bonds. The quantitative estimate of drug-likeness (QED) is 0.825. The largest absolute Gasteiger partial charge is 0.337 e. The van der Waals surface area contributed by atoms with E-state index in [2.05, 4.69) is 56.2 Å². The number of nitrogens with zero attached hydrogens (tertiary/aromatic N) is 6. The van der Waals surface area contributed by atoms with E-state index in [4.69, 9.17) is 0 Å². The van der Waals surface area contributed by atoms with Gasteiger partial charge in [-0.1, -0.05) is 39.8 Å². The molecule has 0 saturated carbocycles. The number of amides is 1. The van der Waals surface area contributed by atoms with Crippen LogP contribution in [-0.4, -0.2) is 48.7 Å². The lowest BCUT2D eigenvalue weighted by Gasteiger charge is -2.31. The third kappa shape index (κ3) is 4.06. The smallest absolute Gasteiger partial charge is 0.272 e. The number of aromatic nitrogens is 5. The number of likely N-dealkylation sites (tertiary alicyclic amines) is 1. The van der Waals surface area contributed by atoms with Gasteiger partial charge in [0.1, 0.15) is 5.69 Å². The maximum atomic E-state index is 13.0.